The molecule has 0 bridgehead atoms. The standard InChI is InChI=1S/C12H17NO3/c1-12(2)6-5-9(16-12)8-13-7-3-4-10(13)11(14)15/h3-4,7,9H,5-6,8H2,1-2H3,(H,14,15). The van der Waals surface area contributed by atoms with Crippen molar-refractivity contribution in [2.24, 2.45) is 0 Å². The van der Waals surface area contributed by atoms with Crippen LogP contribution in [0.1, 0.15) is 37.2 Å². The van der Waals surface area contributed by atoms with Crippen LogP contribution in [0.4, 0.5) is 0 Å². The van der Waals surface area contributed by atoms with Gasteiger partial charge in [-0.15, -0.1) is 0 Å². The number of carboxylic acids is 1. The third-order valence-electron chi connectivity index (χ3n) is 3.00. The molecule has 0 radical (unpaired) electrons. The maximum absolute atomic E-state index is 10.9. The van der Waals surface area contributed by atoms with Crippen LogP contribution in [0, 0.1) is 0 Å². The van der Waals surface area contributed by atoms with E-state index in [2.05, 4.69) is 13.8 Å². The molecule has 1 aromatic rings. The molecule has 1 fully saturated rings. The van der Waals surface area contributed by atoms with E-state index in [-0.39, 0.29) is 11.7 Å². The summed E-state index contributed by atoms with van der Waals surface area (Å²) in [4.78, 5) is 10.9. The second-order valence-electron chi connectivity index (χ2n) is 4.89. The van der Waals surface area contributed by atoms with Gasteiger partial charge >= 0.3 is 5.97 Å². The lowest BCUT2D eigenvalue weighted by Gasteiger charge is -2.20. The Balaban J connectivity index is 2.05. The first kappa shape index (κ1) is 11.2. The molecule has 0 aromatic carbocycles. The Bertz CT molecular complexity index is 395. The zero-order valence-corrected chi connectivity index (χ0v) is 9.64. The number of aromatic nitrogens is 1. The largest absolute Gasteiger partial charge is 0.477 e. The van der Waals surface area contributed by atoms with Crippen molar-refractivity contribution in [1.82, 2.24) is 4.57 Å². The van der Waals surface area contributed by atoms with Crippen molar-refractivity contribution >= 4 is 5.97 Å². The van der Waals surface area contributed by atoms with Gasteiger partial charge in [0.25, 0.3) is 0 Å². The van der Waals surface area contributed by atoms with Crippen molar-refractivity contribution in [2.75, 3.05) is 0 Å². The predicted molar refractivity (Wildman–Crippen MR) is 59.6 cm³/mol. The van der Waals surface area contributed by atoms with Gasteiger partial charge in [-0.25, -0.2) is 4.79 Å². The van der Waals surface area contributed by atoms with Crippen LogP contribution >= 0.6 is 0 Å². The lowest BCUT2D eigenvalue weighted by Crippen LogP contribution is -2.23. The van der Waals surface area contributed by atoms with Crippen molar-refractivity contribution in [2.45, 2.75) is 44.9 Å². The second kappa shape index (κ2) is 3.94. The van der Waals surface area contributed by atoms with Gasteiger partial charge in [0.15, 0.2) is 0 Å². The van der Waals surface area contributed by atoms with E-state index in [0.29, 0.717) is 12.2 Å². The summed E-state index contributed by atoms with van der Waals surface area (Å²) in [6.45, 7) is 4.76. The van der Waals surface area contributed by atoms with Gasteiger partial charge in [-0.2, -0.15) is 0 Å². The molecule has 1 saturated heterocycles. The summed E-state index contributed by atoms with van der Waals surface area (Å²) in [5.74, 6) is -0.887. The highest BCUT2D eigenvalue weighted by Gasteiger charge is 2.32. The van der Waals surface area contributed by atoms with Gasteiger partial charge in [-0.05, 0) is 38.8 Å². The van der Waals surface area contributed by atoms with Crippen LogP contribution in [0.25, 0.3) is 0 Å². The Morgan fingerprint density at radius 3 is 3.00 bits per heavy atom. The topological polar surface area (TPSA) is 51.5 Å². The van der Waals surface area contributed by atoms with Crippen molar-refractivity contribution in [3.05, 3.63) is 24.0 Å². The molecule has 0 aliphatic carbocycles. The third kappa shape index (κ3) is 2.27. The molecule has 0 spiro atoms. The van der Waals surface area contributed by atoms with E-state index < -0.39 is 5.97 Å². The highest BCUT2D eigenvalue weighted by molar-refractivity contribution is 5.85. The predicted octanol–water partition coefficient (Wildman–Crippen LogP) is 2.14. The SMILES string of the molecule is CC1(C)CCC(Cn2cccc2C(=O)O)O1. The molecule has 4 heteroatoms. The van der Waals surface area contributed by atoms with Crippen LogP contribution < -0.4 is 0 Å². The Morgan fingerprint density at radius 1 is 1.69 bits per heavy atom. The molecule has 1 aliphatic rings. The Labute approximate surface area is 94.8 Å². The van der Waals surface area contributed by atoms with Gasteiger partial charge in [0.2, 0.25) is 0 Å². The van der Waals surface area contributed by atoms with E-state index in [1.165, 1.54) is 0 Å². The first-order chi connectivity index (χ1) is 7.48. The summed E-state index contributed by atoms with van der Waals surface area (Å²) >= 11 is 0. The Morgan fingerprint density at radius 2 is 2.44 bits per heavy atom. The van der Waals surface area contributed by atoms with Crippen molar-refractivity contribution in [3.8, 4) is 0 Å². The summed E-state index contributed by atoms with van der Waals surface area (Å²) < 4.78 is 7.59. The maximum atomic E-state index is 10.9. The minimum absolute atomic E-state index is 0.0682. The number of ether oxygens (including phenoxy) is 1. The third-order valence-corrected chi connectivity index (χ3v) is 3.00. The monoisotopic (exact) mass is 223 g/mol. The van der Waals surface area contributed by atoms with Crippen molar-refractivity contribution in [3.63, 3.8) is 0 Å². The maximum Gasteiger partial charge on any atom is 0.352 e. The first-order valence-electron chi connectivity index (χ1n) is 5.54. The number of carboxylic acid groups (broad SMARTS) is 1. The Hall–Kier alpha value is -1.29. The first-order valence-corrected chi connectivity index (χ1v) is 5.54. The van der Waals surface area contributed by atoms with Crippen LogP contribution in [0.5, 0.6) is 0 Å². The molecular weight excluding hydrogens is 206 g/mol. The number of aromatic carboxylic acids is 1. The molecule has 0 saturated carbocycles. The van der Waals surface area contributed by atoms with E-state index in [0.717, 1.165) is 12.8 Å². The molecule has 2 heterocycles. The summed E-state index contributed by atoms with van der Waals surface area (Å²) in [5.41, 5.74) is 0.259. The molecule has 16 heavy (non-hydrogen) atoms. The molecule has 4 nitrogen and oxygen atoms in total. The fraction of sp³-hybridized carbons (Fsp3) is 0.583. The molecular formula is C12H17NO3. The highest BCUT2D eigenvalue weighted by Crippen LogP contribution is 2.30. The van der Waals surface area contributed by atoms with Crippen LogP contribution in [0.15, 0.2) is 18.3 Å². The average molecular weight is 223 g/mol. The lowest BCUT2D eigenvalue weighted by molar-refractivity contribution is -0.0218. The van der Waals surface area contributed by atoms with Crippen molar-refractivity contribution in [1.29, 1.82) is 0 Å². The van der Waals surface area contributed by atoms with E-state index in [9.17, 15) is 4.79 Å². The van der Waals surface area contributed by atoms with E-state index in [1.807, 2.05) is 0 Å². The smallest absolute Gasteiger partial charge is 0.352 e. The second-order valence-corrected chi connectivity index (χ2v) is 4.89. The molecule has 1 atom stereocenters. The van der Waals surface area contributed by atoms with Crippen molar-refractivity contribution < 1.29 is 14.6 Å². The quantitative estimate of drug-likeness (QED) is 0.854. The van der Waals surface area contributed by atoms with Gasteiger partial charge in [-0.3, -0.25) is 0 Å². The minimum Gasteiger partial charge on any atom is -0.477 e. The number of hydrogen-bond acceptors (Lipinski definition) is 2. The molecule has 0 amide bonds. The van der Waals surface area contributed by atoms with E-state index in [1.54, 1.807) is 22.9 Å². The molecule has 88 valence electrons. The molecule has 2 rings (SSSR count). The summed E-state index contributed by atoms with van der Waals surface area (Å²) in [5, 5.41) is 8.97. The zero-order chi connectivity index (χ0) is 11.8. The average Bonchev–Trinajstić information content (AvgIpc) is 2.73. The van der Waals surface area contributed by atoms with Crippen LogP contribution in [0.3, 0.4) is 0 Å². The fourth-order valence-corrected chi connectivity index (χ4v) is 2.19. The number of nitrogens with zero attached hydrogens (tertiary/aromatic N) is 1. The number of rotatable bonds is 3. The van der Waals surface area contributed by atoms with Crippen LogP contribution in [0.2, 0.25) is 0 Å². The van der Waals surface area contributed by atoms with Crippen LogP contribution in [-0.2, 0) is 11.3 Å². The summed E-state index contributed by atoms with van der Waals surface area (Å²) in [7, 11) is 0. The lowest BCUT2D eigenvalue weighted by atomic mass is 10.1. The zero-order valence-electron chi connectivity index (χ0n) is 9.64. The summed E-state index contributed by atoms with van der Waals surface area (Å²) in [6, 6.07) is 3.37. The van der Waals surface area contributed by atoms with Gasteiger partial charge in [0, 0.05) is 12.7 Å². The molecule has 1 unspecified atom stereocenters. The Kier molecular flexibility index (Phi) is 2.76. The molecule has 1 aliphatic heterocycles. The van der Waals surface area contributed by atoms with Crippen LogP contribution in [-0.4, -0.2) is 27.3 Å². The normalized spacial score (nSPS) is 23.5. The summed E-state index contributed by atoms with van der Waals surface area (Å²) in [6.07, 6.45) is 3.93. The minimum atomic E-state index is -0.887. The highest BCUT2D eigenvalue weighted by atomic mass is 16.5. The van der Waals surface area contributed by atoms with Gasteiger partial charge in [-0.1, -0.05) is 0 Å². The fourth-order valence-electron chi connectivity index (χ4n) is 2.19. The van der Waals surface area contributed by atoms with Gasteiger partial charge < -0.3 is 14.4 Å². The number of carbonyl (C=O) groups is 1. The molecule has 1 N–H and O–H groups in total. The van der Waals surface area contributed by atoms with E-state index >= 15 is 0 Å². The van der Waals surface area contributed by atoms with Gasteiger partial charge in [0.1, 0.15) is 5.69 Å². The van der Waals surface area contributed by atoms with E-state index in [4.69, 9.17) is 9.84 Å². The number of hydrogen-bond donors (Lipinski definition) is 1. The molecule has 1 aromatic heterocycles. The van der Waals surface area contributed by atoms with Gasteiger partial charge in [0.05, 0.1) is 11.7 Å².